The van der Waals surface area contributed by atoms with Crippen molar-refractivity contribution in [2.24, 2.45) is 10.8 Å². The van der Waals surface area contributed by atoms with Crippen molar-refractivity contribution in [3.63, 3.8) is 0 Å². The van der Waals surface area contributed by atoms with Crippen molar-refractivity contribution in [3.05, 3.63) is 0 Å². The molecule has 1 amide bonds. The molecule has 3 heteroatoms. The number of amides is 1. The van der Waals surface area contributed by atoms with Crippen LogP contribution in [0.1, 0.15) is 27.7 Å². The molecule has 1 heterocycles. The molecular formula is C9H17NO2. The minimum atomic E-state index is -0.295. The van der Waals surface area contributed by atoms with Gasteiger partial charge in [0.1, 0.15) is 6.61 Å². The number of nitrogens with one attached hydrogen (secondary N) is 1. The van der Waals surface area contributed by atoms with Crippen molar-refractivity contribution in [1.82, 2.24) is 5.32 Å². The van der Waals surface area contributed by atoms with Crippen LogP contribution in [0, 0.1) is 10.8 Å². The molecule has 0 bridgehead atoms. The predicted octanol–water partition coefficient (Wildman–Crippen LogP) is 1.78. The van der Waals surface area contributed by atoms with Crippen LogP contribution in [0.5, 0.6) is 0 Å². The lowest BCUT2D eigenvalue weighted by Gasteiger charge is -2.43. The maximum absolute atomic E-state index is 10.7. The third-order valence-electron chi connectivity index (χ3n) is 2.96. The third-order valence-corrected chi connectivity index (χ3v) is 2.96. The van der Waals surface area contributed by atoms with Crippen molar-refractivity contribution in [3.8, 4) is 0 Å². The van der Waals surface area contributed by atoms with Crippen molar-refractivity contribution in [2.45, 2.75) is 27.7 Å². The minimum absolute atomic E-state index is 0.0426. The van der Waals surface area contributed by atoms with Gasteiger partial charge in [0.25, 0.3) is 0 Å². The summed E-state index contributed by atoms with van der Waals surface area (Å²) in [5.74, 6) is 0. The molecule has 70 valence electrons. The summed E-state index contributed by atoms with van der Waals surface area (Å²) in [6, 6.07) is 0. The van der Waals surface area contributed by atoms with Gasteiger partial charge in [0.2, 0.25) is 0 Å². The lowest BCUT2D eigenvalue weighted by Crippen LogP contribution is -2.52. The van der Waals surface area contributed by atoms with Crippen LogP contribution in [0.15, 0.2) is 0 Å². The van der Waals surface area contributed by atoms with Crippen molar-refractivity contribution >= 4 is 6.09 Å². The van der Waals surface area contributed by atoms with Crippen molar-refractivity contribution < 1.29 is 9.53 Å². The second-order valence-corrected chi connectivity index (χ2v) is 4.74. The molecule has 0 aromatic rings. The average Bonchev–Trinajstić information content (AvgIpc) is 1.93. The summed E-state index contributed by atoms with van der Waals surface area (Å²) >= 11 is 0. The highest BCUT2D eigenvalue weighted by atomic mass is 16.6. The lowest BCUT2D eigenvalue weighted by molar-refractivity contribution is -0.00621. The number of ether oxygens (including phenoxy) is 1. The SMILES string of the molecule is CC(C)(C)C1(C)CNC(=O)OC1. The molecule has 0 aromatic heterocycles. The normalized spacial score (nSPS) is 30.8. The Kier molecular flexibility index (Phi) is 2.06. The van der Waals surface area contributed by atoms with Gasteiger partial charge in [0, 0.05) is 12.0 Å². The zero-order chi connectivity index (χ0) is 9.41. The van der Waals surface area contributed by atoms with Crippen LogP contribution < -0.4 is 5.32 Å². The van der Waals surface area contributed by atoms with Gasteiger partial charge in [-0.1, -0.05) is 27.7 Å². The van der Waals surface area contributed by atoms with E-state index >= 15 is 0 Å². The summed E-state index contributed by atoms with van der Waals surface area (Å²) in [5.41, 5.74) is 0.196. The monoisotopic (exact) mass is 171 g/mol. The fourth-order valence-corrected chi connectivity index (χ4v) is 1.08. The molecule has 0 saturated carbocycles. The third kappa shape index (κ3) is 1.54. The number of carbonyl (C=O) groups is 1. The quantitative estimate of drug-likeness (QED) is 0.603. The van der Waals surface area contributed by atoms with Crippen LogP contribution in [-0.2, 0) is 4.74 Å². The molecule has 0 spiro atoms. The molecule has 1 N–H and O–H groups in total. The molecule has 3 nitrogen and oxygen atoms in total. The highest BCUT2D eigenvalue weighted by Crippen LogP contribution is 2.39. The summed E-state index contributed by atoms with van der Waals surface area (Å²) in [7, 11) is 0. The molecule has 1 fully saturated rings. The maximum atomic E-state index is 10.7. The van der Waals surface area contributed by atoms with E-state index in [0.717, 1.165) is 0 Å². The summed E-state index contributed by atoms with van der Waals surface area (Å²) in [5, 5.41) is 2.72. The average molecular weight is 171 g/mol. The Labute approximate surface area is 73.5 Å². The standard InChI is InChI=1S/C9H17NO2/c1-8(2,3)9(4)5-10-7(11)12-6-9/h5-6H2,1-4H3,(H,10,11). The van der Waals surface area contributed by atoms with E-state index in [-0.39, 0.29) is 16.9 Å². The summed E-state index contributed by atoms with van der Waals surface area (Å²) in [4.78, 5) is 10.7. The number of cyclic esters (lactones) is 1. The van der Waals surface area contributed by atoms with Crippen LogP contribution in [0.3, 0.4) is 0 Å². The van der Waals surface area contributed by atoms with Crippen LogP contribution in [0.25, 0.3) is 0 Å². The Morgan fingerprint density at radius 1 is 1.50 bits per heavy atom. The molecule has 1 unspecified atom stereocenters. The highest BCUT2D eigenvalue weighted by molar-refractivity contribution is 5.68. The lowest BCUT2D eigenvalue weighted by atomic mass is 9.68. The van der Waals surface area contributed by atoms with Crippen LogP contribution >= 0.6 is 0 Å². The van der Waals surface area contributed by atoms with Gasteiger partial charge in [-0.2, -0.15) is 0 Å². The van der Waals surface area contributed by atoms with Crippen molar-refractivity contribution in [1.29, 1.82) is 0 Å². The number of carbonyl (C=O) groups excluding carboxylic acids is 1. The largest absolute Gasteiger partial charge is 0.449 e. The van der Waals surface area contributed by atoms with Crippen molar-refractivity contribution in [2.75, 3.05) is 13.2 Å². The van der Waals surface area contributed by atoms with E-state index in [0.29, 0.717) is 13.2 Å². The van der Waals surface area contributed by atoms with Gasteiger partial charge >= 0.3 is 6.09 Å². The maximum Gasteiger partial charge on any atom is 0.407 e. The van der Waals surface area contributed by atoms with Crippen LogP contribution in [0.2, 0.25) is 0 Å². The fourth-order valence-electron chi connectivity index (χ4n) is 1.08. The van der Waals surface area contributed by atoms with E-state index in [2.05, 4.69) is 33.0 Å². The van der Waals surface area contributed by atoms with E-state index in [4.69, 9.17) is 4.74 Å². The first-order chi connectivity index (χ1) is 5.35. The van der Waals surface area contributed by atoms with Gasteiger partial charge in [-0.3, -0.25) is 0 Å². The van der Waals surface area contributed by atoms with Gasteiger partial charge in [0.05, 0.1) is 0 Å². The molecule has 1 aliphatic heterocycles. The van der Waals surface area contributed by atoms with Gasteiger partial charge in [-0.15, -0.1) is 0 Å². The fraction of sp³-hybridized carbons (Fsp3) is 0.889. The molecule has 0 aliphatic carbocycles. The molecule has 12 heavy (non-hydrogen) atoms. The molecule has 0 aromatic carbocycles. The van der Waals surface area contributed by atoms with E-state index in [1.54, 1.807) is 0 Å². The Hall–Kier alpha value is -0.730. The number of hydrogen-bond acceptors (Lipinski definition) is 2. The second-order valence-electron chi connectivity index (χ2n) is 4.74. The van der Waals surface area contributed by atoms with Crippen LogP contribution in [0.4, 0.5) is 4.79 Å². The minimum Gasteiger partial charge on any atom is -0.449 e. The molecular weight excluding hydrogens is 154 g/mol. The predicted molar refractivity (Wildman–Crippen MR) is 46.9 cm³/mol. The first-order valence-corrected chi connectivity index (χ1v) is 4.26. The van der Waals surface area contributed by atoms with E-state index in [1.165, 1.54) is 0 Å². The summed E-state index contributed by atoms with van der Waals surface area (Å²) < 4.78 is 4.97. The highest BCUT2D eigenvalue weighted by Gasteiger charge is 2.41. The number of hydrogen-bond donors (Lipinski definition) is 1. The Morgan fingerprint density at radius 2 is 2.08 bits per heavy atom. The van der Waals surface area contributed by atoms with Gasteiger partial charge in [-0.25, -0.2) is 4.79 Å². The second kappa shape index (κ2) is 2.64. The van der Waals surface area contributed by atoms with E-state index < -0.39 is 0 Å². The number of rotatable bonds is 0. The van der Waals surface area contributed by atoms with Crippen LogP contribution in [-0.4, -0.2) is 19.2 Å². The first kappa shape index (κ1) is 9.36. The topological polar surface area (TPSA) is 38.3 Å². The summed E-state index contributed by atoms with van der Waals surface area (Å²) in [6.07, 6.45) is -0.295. The molecule has 1 saturated heterocycles. The van der Waals surface area contributed by atoms with E-state index in [1.807, 2.05) is 0 Å². The smallest absolute Gasteiger partial charge is 0.407 e. The first-order valence-electron chi connectivity index (χ1n) is 4.26. The zero-order valence-corrected chi connectivity index (χ0v) is 8.23. The van der Waals surface area contributed by atoms with E-state index in [9.17, 15) is 4.79 Å². The molecule has 0 radical (unpaired) electrons. The number of alkyl carbamates (subject to hydrolysis) is 1. The molecule has 1 aliphatic rings. The van der Waals surface area contributed by atoms with Gasteiger partial charge in [0.15, 0.2) is 0 Å². The molecule has 1 atom stereocenters. The van der Waals surface area contributed by atoms with Gasteiger partial charge in [-0.05, 0) is 5.41 Å². The Morgan fingerprint density at radius 3 is 2.42 bits per heavy atom. The van der Waals surface area contributed by atoms with Gasteiger partial charge < -0.3 is 10.1 Å². The Balaban J connectivity index is 2.68. The summed E-state index contributed by atoms with van der Waals surface area (Å²) in [6.45, 7) is 9.83. The zero-order valence-electron chi connectivity index (χ0n) is 8.23. The molecule has 1 rings (SSSR count). The Bertz CT molecular complexity index is 183.